The quantitative estimate of drug-likeness (QED) is 0.246. The number of hydrogen-bond donors (Lipinski definition) is 2. The summed E-state index contributed by atoms with van der Waals surface area (Å²) >= 11 is 0. The number of non-ortho nitro benzene ring substituents is 1. The number of nitro benzene ring substituents is 1. The highest BCUT2D eigenvalue weighted by atomic mass is 16.6. The monoisotopic (exact) mass is 537 g/mol. The molecule has 5 rings (SSSR count). The first-order valence-electron chi connectivity index (χ1n) is 12.1. The number of rotatable bonds is 6. The van der Waals surface area contributed by atoms with Crippen molar-refractivity contribution in [2.75, 3.05) is 0 Å². The van der Waals surface area contributed by atoms with Gasteiger partial charge in [0, 0.05) is 37.4 Å². The fraction of sp³-hybridized carbons (Fsp3) is 0.103. The Balaban J connectivity index is 1.80. The van der Waals surface area contributed by atoms with Gasteiger partial charge in [0.15, 0.2) is 0 Å². The van der Waals surface area contributed by atoms with E-state index >= 15 is 0 Å². The van der Waals surface area contributed by atoms with E-state index in [9.17, 15) is 29.9 Å². The van der Waals surface area contributed by atoms with Gasteiger partial charge in [-0.2, -0.15) is 9.97 Å². The van der Waals surface area contributed by atoms with Gasteiger partial charge in [-0.3, -0.25) is 28.8 Å². The van der Waals surface area contributed by atoms with Crippen LogP contribution in [0.2, 0.25) is 0 Å². The molecule has 0 radical (unpaired) electrons. The van der Waals surface area contributed by atoms with Crippen LogP contribution in [-0.4, -0.2) is 34.2 Å². The van der Waals surface area contributed by atoms with Gasteiger partial charge in [0.2, 0.25) is 11.8 Å². The largest absolute Gasteiger partial charge is 0.493 e. The van der Waals surface area contributed by atoms with Crippen LogP contribution in [0.5, 0.6) is 11.8 Å². The molecule has 2 aromatic heterocycles. The summed E-state index contributed by atoms with van der Waals surface area (Å²) in [4.78, 5) is 46.8. The molecule has 0 fully saturated rings. The van der Waals surface area contributed by atoms with E-state index < -0.39 is 33.7 Å². The fourth-order valence-electron chi connectivity index (χ4n) is 4.68. The van der Waals surface area contributed by atoms with Crippen molar-refractivity contribution in [2.24, 2.45) is 14.1 Å². The Hall–Kier alpha value is -5.58. The summed E-state index contributed by atoms with van der Waals surface area (Å²) in [5.41, 5.74) is -0.783. The summed E-state index contributed by atoms with van der Waals surface area (Å²) in [5.74, 6) is -2.29. The summed E-state index contributed by atoms with van der Waals surface area (Å²) in [6, 6.07) is 22.7. The normalized spacial score (nSPS) is 11.1. The maximum Gasteiger partial charge on any atom is 0.269 e. The van der Waals surface area contributed by atoms with Crippen LogP contribution in [0.3, 0.4) is 0 Å². The summed E-state index contributed by atoms with van der Waals surface area (Å²) in [6.07, 6.45) is 0. The molecule has 11 nitrogen and oxygen atoms in total. The number of benzene rings is 3. The van der Waals surface area contributed by atoms with Crippen LogP contribution >= 0.6 is 0 Å². The predicted octanol–water partition coefficient (Wildman–Crippen LogP) is 3.71. The second-order valence-corrected chi connectivity index (χ2v) is 9.09. The number of nitro groups is 1. The summed E-state index contributed by atoms with van der Waals surface area (Å²) < 4.78 is 2.46. The minimum absolute atomic E-state index is 0.184. The van der Waals surface area contributed by atoms with E-state index in [1.807, 2.05) is 0 Å². The zero-order chi connectivity index (χ0) is 28.6. The lowest BCUT2D eigenvalue weighted by Crippen LogP contribution is -2.31. The van der Waals surface area contributed by atoms with Crippen molar-refractivity contribution in [3.63, 3.8) is 0 Å². The van der Waals surface area contributed by atoms with E-state index in [1.165, 1.54) is 47.5 Å². The molecule has 3 aromatic carbocycles. The number of aromatic nitrogens is 4. The summed E-state index contributed by atoms with van der Waals surface area (Å²) in [7, 11) is 2.95. The number of hydrogen-bond acceptors (Lipinski definition) is 8. The number of aromatic hydroxyl groups is 2. The van der Waals surface area contributed by atoms with E-state index in [1.54, 1.807) is 60.7 Å². The van der Waals surface area contributed by atoms with Gasteiger partial charge >= 0.3 is 0 Å². The molecule has 0 spiro atoms. The minimum Gasteiger partial charge on any atom is -0.493 e. The molecule has 2 N–H and O–H groups in total. The van der Waals surface area contributed by atoms with Crippen molar-refractivity contribution in [3.05, 3.63) is 132 Å². The third kappa shape index (κ3) is 4.49. The first kappa shape index (κ1) is 26.0. The van der Waals surface area contributed by atoms with E-state index in [4.69, 9.17) is 0 Å². The van der Waals surface area contributed by atoms with Crippen molar-refractivity contribution in [1.82, 2.24) is 19.1 Å². The molecule has 0 aliphatic carbocycles. The molecular weight excluding hydrogens is 514 g/mol. The maximum absolute atomic E-state index is 13.8. The van der Waals surface area contributed by atoms with Crippen molar-refractivity contribution >= 4 is 5.69 Å². The topological polar surface area (TPSA) is 153 Å². The van der Waals surface area contributed by atoms with Crippen LogP contribution in [0.25, 0.3) is 22.8 Å². The van der Waals surface area contributed by atoms with Crippen LogP contribution < -0.4 is 11.1 Å². The summed E-state index contributed by atoms with van der Waals surface area (Å²) in [5, 5.41) is 33.5. The van der Waals surface area contributed by atoms with Crippen molar-refractivity contribution < 1.29 is 15.1 Å². The van der Waals surface area contributed by atoms with Gasteiger partial charge in [0.1, 0.15) is 11.6 Å². The Labute approximate surface area is 227 Å². The van der Waals surface area contributed by atoms with Crippen LogP contribution in [0, 0.1) is 10.1 Å². The molecule has 5 aromatic rings. The van der Waals surface area contributed by atoms with E-state index in [-0.39, 0.29) is 34.0 Å². The van der Waals surface area contributed by atoms with Gasteiger partial charge in [-0.05, 0) is 5.56 Å². The highest BCUT2D eigenvalue weighted by molar-refractivity contribution is 5.60. The molecule has 0 unspecified atom stereocenters. The standard InChI is InChI=1S/C29H23N5O6/c1-32-24(18-9-5-3-6-10-18)30-26(35)22(28(32)37)21(17-13-15-20(16-14-17)34(39)40)23-27(36)31-25(33(2)29(23)38)19-11-7-4-8-12-19/h3-16,21,35-36H,1-2H3. The Kier molecular flexibility index (Phi) is 6.70. The first-order chi connectivity index (χ1) is 19.2. The minimum atomic E-state index is -1.35. The Morgan fingerprint density at radius 1 is 0.700 bits per heavy atom. The SMILES string of the molecule is Cn1c(-c2ccccc2)nc(O)c(C(c2ccc([N+](=O)[O-])cc2)c2c(O)nc(-c3ccccc3)n(C)c2=O)c1=O. The Morgan fingerprint density at radius 3 is 1.48 bits per heavy atom. The zero-order valence-electron chi connectivity index (χ0n) is 21.4. The van der Waals surface area contributed by atoms with E-state index in [2.05, 4.69) is 9.97 Å². The van der Waals surface area contributed by atoms with Crippen LogP contribution in [0.1, 0.15) is 22.6 Å². The van der Waals surface area contributed by atoms with Crippen LogP contribution in [0.15, 0.2) is 94.5 Å². The molecule has 0 bridgehead atoms. The average molecular weight is 538 g/mol. The molecule has 0 saturated heterocycles. The Bertz CT molecular complexity index is 1740. The zero-order valence-corrected chi connectivity index (χ0v) is 21.4. The van der Waals surface area contributed by atoms with Gasteiger partial charge in [-0.15, -0.1) is 0 Å². The molecule has 11 heteroatoms. The molecule has 200 valence electrons. The van der Waals surface area contributed by atoms with Crippen LogP contribution in [-0.2, 0) is 14.1 Å². The molecule has 0 atom stereocenters. The van der Waals surface area contributed by atoms with Gasteiger partial charge in [0.25, 0.3) is 16.8 Å². The van der Waals surface area contributed by atoms with Crippen molar-refractivity contribution in [3.8, 4) is 34.5 Å². The van der Waals surface area contributed by atoms with E-state index in [0.717, 1.165) is 0 Å². The third-order valence-corrected chi connectivity index (χ3v) is 6.69. The smallest absolute Gasteiger partial charge is 0.269 e. The fourth-order valence-corrected chi connectivity index (χ4v) is 4.68. The second kappa shape index (κ2) is 10.3. The molecule has 0 aliphatic rings. The molecular formula is C29H23N5O6. The lowest BCUT2D eigenvalue weighted by atomic mass is 9.86. The molecule has 2 heterocycles. The predicted molar refractivity (Wildman–Crippen MR) is 147 cm³/mol. The molecule has 0 amide bonds. The lowest BCUT2D eigenvalue weighted by molar-refractivity contribution is -0.384. The average Bonchev–Trinajstić information content (AvgIpc) is 2.97. The summed E-state index contributed by atoms with van der Waals surface area (Å²) in [6.45, 7) is 0. The third-order valence-electron chi connectivity index (χ3n) is 6.69. The highest BCUT2D eigenvalue weighted by Gasteiger charge is 2.33. The Morgan fingerprint density at radius 2 is 1.10 bits per heavy atom. The van der Waals surface area contributed by atoms with Crippen LogP contribution in [0.4, 0.5) is 5.69 Å². The maximum atomic E-state index is 13.8. The molecule has 0 aliphatic heterocycles. The van der Waals surface area contributed by atoms with Gasteiger partial charge < -0.3 is 10.2 Å². The van der Waals surface area contributed by atoms with Gasteiger partial charge in [-0.25, -0.2) is 0 Å². The molecule has 0 saturated carbocycles. The van der Waals surface area contributed by atoms with Gasteiger partial charge in [0.05, 0.1) is 22.0 Å². The lowest BCUT2D eigenvalue weighted by Gasteiger charge is -2.21. The number of nitrogens with zero attached hydrogens (tertiary/aromatic N) is 5. The van der Waals surface area contributed by atoms with E-state index in [0.29, 0.717) is 11.1 Å². The second-order valence-electron chi connectivity index (χ2n) is 9.09. The molecule has 40 heavy (non-hydrogen) atoms. The van der Waals surface area contributed by atoms with Crippen molar-refractivity contribution in [2.45, 2.75) is 5.92 Å². The van der Waals surface area contributed by atoms with Gasteiger partial charge in [-0.1, -0.05) is 72.8 Å². The van der Waals surface area contributed by atoms with Crippen molar-refractivity contribution in [1.29, 1.82) is 0 Å². The highest BCUT2D eigenvalue weighted by Crippen LogP contribution is 2.37. The first-order valence-corrected chi connectivity index (χ1v) is 12.1.